The van der Waals surface area contributed by atoms with E-state index in [4.69, 9.17) is 5.73 Å². The molecule has 0 bridgehead atoms. The highest BCUT2D eigenvalue weighted by atomic mass is 19.4. The van der Waals surface area contributed by atoms with E-state index in [0.717, 1.165) is 12.1 Å². The average molecular weight is 297 g/mol. The summed E-state index contributed by atoms with van der Waals surface area (Å²) in [7, 11) is 0. The van der Waals surface area contributed by atoms with Crippen LogP contribution in [0.4, 0.5) is 17.6 Å². The molecular formula is C16H15F4N. The molecule has 1 atom stereocenters. The van der Waals surface area contributed by atoms with Crippen molar-refractivity contribution in [2.24, 2.45) is 5.73 Å². The van der Waals surface area contributed by atoms with Crippen LogP contribution in [0.1, 0.15) is 23.6 Å². The normalized spacial score (nSPS) is 14.8. The van der Waals surface area contributed by atoms with Crippen LogP contribution in [-0.4, -0.2) is 0 Å². The predicted octanol–water partition coefficient (Wildman–Crippen LogP) is 4.26. The van der Waals surface area contributed by atoms with E-state index >= 15 is 0 Å². The van der Waals surface area contributed by atoms with E-state index in [9.17, 15) is 17.6 Å². The lowest BCUT2D eigenvalue weighted by molar-refractivity contribution is -0.137. The lowest BCUT2D eigenvalue weighted by atomic mass is 9.85. The van der Waals surface area contributed by atoms with E-state index in [1.807, 2.05) is 0 Å². The summed E-state index contributed by atoms with van der Waals surface area (Å²) in [5, 5.41) is 0. The first kappa shape index (κ1) is 15.5. The van der Waals surface area contributed by atoms with Crippen LogP contribution in [0.2, 0.25) is 0 Å². The minimum Gasteiger partial charge on any atom is -0.321 e. The molecule has 0 aliphatic carbocycles. The molecule has 2 aromatic rings. The van der Waals surface area contributed by atoms with Crippen LogP contribution in [0.15, 0.2) is 48.5 Å². The summed E-state index contributed by atoms with van der Waals surface area (Å²) in [5.74, 6) is -0.416. The first-order chi connectivity index (χ1) is 9.70. The zero-order chi connectivity index (χ0) is 15.7. The van der Waals surface area contributed by atoms with Crippen LogP contribution in [0.25, 0.3) is 0 Å². The molecular weight excluding hydrogens is 282 g/mol. The summed E-state index contributed by atoms with van der Waals surface area (Å²) in [4.78, 5) is 0. The summed E-state index contributed by atoms with van der Waals surface area (Å²) in [6.07, 6.45) is -4.31. The van der Waals surface area contributed by atoms with Gasteiger partial charge in [-0.05, 0) is 42.7 Å². The summed E-state index contributed by atoms with van der Waals surface area (Å²) >= 11 is 0. The fourth-order valence-corrected chi connectivity index (χ4v) is 2.19. The maximum Gasteiger partial charge on any atom is 0.416 e. The van der Waals surface area contributed by atoms with Gasteiger partial charge in [-0.2, -0.15) is 13.2 Å². The molecule has 2 rings (SSSR count). The second-order valence-corrected chi connectivity index (χ2v) is 5.26. The molecule has 0 fully saturated rings. The Morgan fingerprint density at radius 1 is 0.952 bits per heavy atom. The molecule has 0 aliphatic heterocycles. The minimum absolute atomic E-state index is 0.112. The number of nitrogens with two attached hydrogens (primary N) is 1. The zero-order valence-electron chi connectivity index (χ0n) is 11.4. The Labute approximate surface area is 120 Å². The third kappa shape index (κ3) is 3.61. The van der Waals surface area contributed by atoms with Gasteiger partial charge in [-0.15, -0.1) is 0 Å². The van der Waals surface area contributed by atoms with Gasteiger partial charge in [-0.25, -0.2) is 4.39 Å². The third-order valence-corrected chi connectivity index (χ3v) is 3.36. The van der Waals surface area contributed by atoms with Crippen molar-refractivity contribution < 1.29 is 17.6 Å². The SMILES string of the molecule is CC(N)(Cc1ccccc1F)c1cccc(C(F)(F)F)c1. The Bertz CT molecular complexity index is 632. The van der Waals surface area contributed by atoms with Crippen molar-refractivity contribution >= 4 is 0 Å². The summed E-state index contributed by atoms with van der Waals surface area (Å²) in [6.45, 7) is 1.59. The molecule has 0 amide bonds. The highest BCUT2D eigenvalue weighted by molar-refractivity contribution is 5.32. The maximum absolute atomic E-state index is 13.7. The van der Waals surface area contributed by atoms with E-state index in [1.54, 1.807) is 25.1 Å². The Morgan fingerprint density at radius 3 is 2.19 bits per heavy atom. The van der Waals surface area contributed by atoms with Gasteiger partial charge >= 0.3 is 6.18 Å². The van der Waals surface area contributed by atoms with Crippen LogP contribution in [-0.2, 0) is 18.1 Å². The van der Waals surface area contributed by atoms with Crippen LogP contribution in [0, 0.1) is 5.82 Å². The van der Waals surface area contributed by atoms with Crippen molar-refractivity contribution in [1.82, 2.24) is 0 Å². The van der Waals surface area contributed by atoms with E-state index in [1.165, 1.54) is 18.2 Å². The van der Waals surface area contributed by atoms with Gasteiger partial charge in [0.15, 0.2) is 0 Å². The van der Waals surface area contributed by atoms with Crippen LogP contribution in [0.5, 0.6) is 0 Å². The molecule has 0 saturated carbocycles. The Balaban J connectivity index is 2.34. The smallest absolute Gasteiger partial charge is 0.321 e. The summed E-state index contributed by atoms with van der Waals surface area (Å²) < 4.78 is 51.9. The average Bonchev–Trinajstić information content (AvgIpc) is 2.40. The van der Waals surface area contributed by atoms with E-state index in [0.29, 0.717) is 11.1 Å². The standard InChI is InChI=1S/C16H15F4N/c1-15(21,10-11-5-2-3-8-14(11)17)12-6-4-7-13(9-12)16(18,19)20/h2-9H,10,21H2,1H3. The van der Waals surface area contributed by atoms with Crippen molar-refractivity contribution in [3.63, 3.8) is 0 Å². The number of hydrogen-bond acceptors (Lipinski definition) is 1. The number of halogens is 4. The van der Waals surface area contributed by atoms with Crippen LogP contribution < -0.4 is 5.73 Å². The number of alkyl halides is 3. The fourth-order valence-electron chi connectivity index (χ4n) is 2.19. The second kappa shape index (κ2) is 5.48. The Morgan fingerprint density at radius 2 is 1.57 bits per heavy atom. The van der Waals surface area contributed by atoms with Crippen LogP contribution in [0.3, 0.4) is 0 Å². The molecule has 2 aromatic carbocycles. The highest BCUT2D eigenvalue weighted by Gasteiger charge is 2.32. The molecule has 0 aromatic heterocycles. The van der Waals surface area contributed by atoms with Gasteiger partial charge in [0.2, 0.25) is 0 Å². The minimum atomic E-state index is -4.43. The fraction of sp³-hybridized carbons (Fsp3) is 0.250. The Kier molecular flexibility index (Phi) is 4.05. The number of hydrogen-bond donors (Lipinski definition) is 1. The van der Waals surface area contributed by atoms with Crippen molar-refractivity contribution in [3.8, 4) is 0 Å². The molecule has 5 heteroatoms. The zero-order valence-corrected chi connectivity index (χ0v) is 11.4. The summed E-state index contributed by atoms with van der Waals surface area (Å²) in [6, 6.07) is 10.9. The topological polar surface area (TPSA) is 26.0 Å². The molecule has 2 N–H and O–H groups in total. The van der Waals surface area contributed by atoms with Crippen molar-refractivity contribution in [2.75, 3.05) is 0 Å². The van der Waals surface area contributed by atoms with Crippen molar-refractivity contribution in [3.05, 3.63) is 71.0 Å². The first-order valence-electron chi connectivity index (χ1n) is 6.40. The van der Waals surface area contributed by atoms with Crippen molar-refractivity contribution in [1.29, 1.82) is 0 Å². The van der Waals surface area contributed by atoms with Gasteiger partial charge in [0.05, 0.1) is 5.56 Å². The van der Waals surface area contributed by atoms with Gasteiger partial charge in [-0.1, -0.05) is 30.3 Å². The predicted molar refractivity (Wildman–Crippen MR) is 73.1 cm³/mol. The number of benzene rings is 2. The number of rotatable bonds is 3. The lowest BCUT2D eigenvalue weighted by Gasteiger charge is -2.26. The molecule has 21 heavy (non-hydrogen) atoms. The van der Waals surface area contributed by atoms with Crippen LogP contribution >= 0.6 is 0 Å². The highest BCUT2D eigenvalue weighted by Crippen LogP contribution is 2.32. The molecule has 0 radical (unpaired) electrons. The summed E-state index contributed by atoms with van der Waals surface area (Å²) in [5.41, 5.74) is 4.96. The van der Waals surface area contributed by atoms with E-state index in [2.05, 4.69) is 0 Å². The maximum atomic E-state index is 13.7. The second-order valence-electron chi connectivity index (χ2n) is 5.26. The Hall–Kier alpha value is -1.88. The van der Waals surface area contributed by atoms with Crippen molar-refractivity contribution in [2.45, 2.75) is 25.1 Å². The van der Waals surface area contributed by atoms with Gasteiger partial charge in [0.1, 0.15) is 5.82 Å². The van der Waals surface area contributed by atoms with E-state index in [-0.39, 0.29) is 6.42 Å². The first-order valence-corrected chi connectivity index (χ1v) is 6.40. The van der Waals surface area contributed by atoms with Gasteiger partial charge < -0.3 is 5.73 Å². The third-order valence-electron chi connectivity index (χ3n) is 3.36. The molecule has 0 heterocycles. The molecule has 0 aliphatic rings. The van der Waals surface area contributed by atoms with E-state index < -0.39 is 23.1 Å². The lowest BCUT2D eigenvalue weighted by Crippen LogP contribution is -2.36. The monoisotopic (exact) mass is 297 g/mol. The van der Waals surface area contributed by atoms with Gasteiger partial charge in [0.25, 0.3) is 0 Å². The van der Waals surface area contributed by atoms with Gasteiger partial charge in [-0.3, -0.25) is 0 Å². The van der Waals surface area contributed by atoms with Gasteiger partial charge in [0, 0.05) is 5.54 Å². The molecule has 1 nitrogen and oxygen atoms in total. The largest absolute Gasteiger partial charge is 0.416 e. The molecule has 1 unspecified atom stereocenters. The molecule has 0 spiro atoms. The molecule has 112 valence electrons. The quantitative estimate of drug-likeness (QED) is 0.842. The molecule has 0 saturated heterocycles.